The van der Waals surface area contributed by atoms with Crippen molar-refractivity contribution >= 4 is 59.3 Å². The van der Waals surface area contributed by atoms with Gasteiger partial charge in [0.2, 0.25) is 0 Å². The maximum atomic E-state index is 2.41. The first-order valence-corrected chi connectivity index (χ1v) is 19.2. The Balaban J connectivity index is 1.09. The Morgan fingerprint density at radius 3 is 1.74 bits per heavy atom. The van der Waals surface area contributed by atoms with E-state index in [4.69, 9.17) is 0 Å². The van der Waals surface area contributed by atoms with E-state index in [1.807, 2.05) is 11.3 Å². The van der Waals surface area contributed by atoms with E-state index in [-0.39, 0.29) is 0 Å². The van der Waals surface area contributed by atoms with Crippen LogP contribution in [0.3, 0.4) is 0 Å². The molecule has 2 heteroatoms. The second-order valence-electron chi connectivity index (χ2n) is 13.7. The van der Waals surface area contributed by atoms with Crippen LogP contribution >= 0.6 is 11.3 Å². The highest BCUT2D eigenvalue weighted by molar-refractivity contribution is 7.25. The first-order valence-electron chi connectivity index (χ1n) is 18.4. The summed E-state index contributed by atoms with van der Waals surface area (Å²) in [5, 5.41) is 5.14. The Labute approximate surface area is 319 Å². The molecule has 254 valence electrons. The van der Waals surface area contributed by atoms with Gasteiger partial charge in [-0.15, -0.1) is 11.3 Å². The third-order valence-electron chi connectivity index (χ3n) is 10.5. The Bertz CT molecular complexity index is 2920. The molecular formula is C52H35NS. The molecule has 0 bridgehead atoms. The lowest BCUT2D eigenvalue weighted by molar-refractivity contribution is 1.28. The largest absolute Gasteiger partial charge is 0.310 e. The zero-order chi connectivity index (χ0) is 35.8. The van der Waals surface area contributed by atoms with Gasteiger partial charge in [0.1, 0.15) is 0 Å². The van der Waals surface area contributed by atoms with Crippen LogP contribution in [0.4, 0.5) is 17.1 Å². The molecule has 1 aromatic heterocycles. The van der Waals surface area contributed by atoms with Gasteiger partial charge in [-0.25, -0.2) is 0 Å². The lowest BCUT2D eigenvalue weighted by Crippen LogP contribution is -2.11. The molecule has 1 nitrogen and oxygen atoms in total. The fourth-order valence-electron chi connectivity index (χ4n) is 7.81. The fraction of sp³-hybridized carbons (Fsp3) is 0. The summed E-state index contributed by atoms with van der Waals surface area (Å²) in [5.41, 5.74) is 12.9. The van der Waals surface area contributed by atoms with Gasteiger partial charge in [-0.2, -0.15) is 0 Å². The summed E-state index contributed by atoms with van der Waals surface area (Å²) in [6.45, 7) is 0. The molecule has 0 radical (unpaired) electrons. The molecule has 0 amide bonds. The zero-order valence-electron chi connectivity index (χ0n) is 29.6. The van der Waals surface area contributed by atoms with Crippen LogP contribution in [0, 0.1) is 0 Å². The minimum Gasteiger partial charge on any atom is -0.310 e. The molecule has 0 saturated heterocycles. The van der Waals surface area contributed by atoms with Crippen molar-refractivity contribution < 1.29 is 0 Å². The molecule has 0 fully saturated rings. The van der Waals surface area contributed by atoms with Crippen LogP contribution < -0.4 is 4.90 Å². The van der Waals surface area contributed by atoms with Crippen molar-refractivity contribution in [2.45, 2.75) is 0 Å². The number of para-hydroxylation sites is 1. The van der Waals surface area contributed by atoms with Gasteiger partial charge in [-0.3, -0.25) is 0 Å². The maximum absolute atomic E-state index is 2.41. The van der Waals surface area contributed by atoms with Crippen LogP contribution in [0.1, 0.15) is 0 Å². The van der Waals surface area contributed by atoms with Gasteiger partial charge in [0.05, 0.1) is 5.69 Å². The topological polar surface area (TPSA) is 3.24 Å². The van der Waals surface area contributed by atoms with E-state index in [0.717, 1.165) is 17.1 Å². The SMILES string of the molecule is c1ccc(-c2ccc(-c3ccccc3N(c3ccc(-c4ccc5c(c4)sc4ccccc45)cc3)c3cccc(-c4cccc5ccccc45)c3)cc2)cc1. The van der Waals surface area contributed by atoms with Gasteiger partial charge >= 0.3 is 0 Å². The van der Waals surface area contributed by atoms with Gasteiger partial charge in [-0.1, -0.05) is 170 Å². The van der Waals surface area contributed by atoms with Gasteiger partial charge in [0, 0.05) is 37.1 Å². The monoisotopic (exact) mass is 705 g/mol. The fourth-order valence-corrected chi connectivity index (χ4v) is 8.96. The molecule has 0 aliphatic carbocycles. The highest BCUT2D eigenvalue weighted by atomic mass is 32.1. The number of hydrogen-bond acceptors (Lipinski definition) is 2. The van der Waals surface area contributed by atoms with Crippen LogP contribution in [-0.2, 0) is 0 Å². The summed E-state index contributed by atoms with van der Waals surface area (Å²) in [7, 11) is 0. The smallest absolute Gasteiger partial charge is 0.0540 e. The molecule has 10 rings (SSSR count). The van der Waals surface area contributed by atoms with Crippen molar-refractivity contribution in [3.05, 3.63) is 212 Å². The number of hydrogen-bond donors (Lipinski definition) is 0. The predicted octanol–water partition coefficient (Wildman–Crippen LogP) is 15.3. The molecule has 0 unspecified atom stereocenters. The number of thiophene rings is 1. The van der Waals surface area contributed by atoms with Crippen LogP contribution in [0.2, 0.25) is 0 Å². The second kappa shape index (κ2) is 13.7. The first kappa shape index (κ1) is 32.0. The Kier molecular flexibility index (Phi) is 8.09. The Morgan fingerprint density at radius 1 is 0.296 bits per heavy atom. The van der Waals surface area contributed by atoms with Crippen molar-refractivity contribution in [3.63, 3.8) is 0 Å². The van der Waals surface area contributed by atoms with Crippen molar-refractivity contribution in [2.24, 2.45) is 0 Å². The number of nitrogens with zero attached hydrogens (tertiary/aromatic N) is 1. The average Bonchev–Trinajstić information content (AvgIpc) is 3.63. The first-order chi connectivity index (χ1) is 26.8. The quantitative estimate of drug-likeness (QED) is 0.160. The van der Waals surface area contributed by atoms with E-state index >= 15 is 0 Å². The van der Waals surface area contributed by atoms with Crippen molar-refractivity contribution in [2.75, 3.05) is 4.90 Å². The minimum absolute atomic E-state index is 1.10. The van der Waals surface area contributed by atoms with Crippen LogP contribution in [0.15, 0.2) is 212 Å². The van der Waals surface area contributed by atoms with Crippen molar-refractivity contribution in [1.29, 1.82) is 0 Å². The van der Waals surface area contributed by atoms with Gasteiger partial charge < -0.3 is 4.90 Å². The lowest BCUT2D eigenvalue weighted by atomic mass is 9.96. The van der Waals surface area contributed by atoms with Gasteiger partial charge in [0.15, 0.2) is 0 Å². The summed E-state index contributed by atoms with van der Waals surface area (Å²) >= 11 is 1.86. The minimum atomic E-state index is 1.10. The van der Waals surface area contributed by atoms with E-state index in [0.29, 0.717) is 0 Å². The maximum Gasteiger partial charge on any atom is 0.0540 e. The molecule has 0 spiro atoms. The lowest BCUT2D eigenvalue weighted by Gasteiger charge is -2.28. The highest BCUT2D eigenvalue weighted by Gasteiger charge is 2.19. The number of fused-ring (bicyclic) bond motifs is 4. The van der Waals surface area contributed by atoms with Crippen LogP contribution in [0.5, 0.6) is 0 Å². The van der Waals surface area contributed by atoms with E-state index in [9.17, 15) is 0 Å². The molecule has 0 aliphatic rings. The van der Waals surface area contributed by atoms with Gasteiger partial charge in [0.25, 0.3) is 0 Å². The van der Waals surface area contributed by atoms with E-state index in [1.54, 1.807) is 0 Å². The predicted molar refractivity (Wildman–Crippen MR) is 233 cm³/mol. The Hall–Kier alpha value is -6.74. The number of rotatable bonds is 7. The second-order valence-corrected chi connectivity index (χ2v) is 14.8. The van der Waals surface area contributed by atoms with Crippen molar-refractivity contribution in [1.82, 2.24) is 0 Å². The molecule has 54 heavy (non-hydrogen) atoms. The number of benzene rings is 9. The normalized spacial score (nSPS) is 11.3. The molecular weight excluding hydrogens is 671 g/mol. The van der Waals surface area contributed by atoms with Gasteiger partial charge in [-0.05, 0) is 92.2 Å². The highest BCUT2D eigenvalue weighted by Crippen LogP contribution is 2.43. The summed E-state index contributed by atoms with van der Waals surface area (Å²) < 4.78 is 2.65. The zero-order valence-corrected chi connectivity index (χ0v) is 30.4. The summed E-state index contributed by atoms with van der Waals surface area (Å²) in [6.07, 6.45) is 0. The third kappa shape index (κ3) is 5.84. The molecule has 1 heterocycles. The van der Waals surface area contributed by atoms with E-state index < -0.39 is 0 Å². The summed E-state index contributed by atoms with van der Waals surface area (Å²) in [5.74, 6) is 0. The molecule has 0 aliphatic heterocycles. The molecule has 0 N–H and O–H groups in total. The third-order valence-corrected chi connectivity index (χ3v) is 11.6. The average molecular weight is 706 g/mol. The van der Waals surface area contributed by atoms with Crippen molar-refractivity contribution in [3.8, 4) is 44.5 Å². The Morgan fingerprint density at radius 2 is 0.870 bits per heavy atom. The standard InChI is InChI=1S/C52H35NS/c1-2-12-36(13-3-1)37-24-26-40(27-25-37)47-19-6-8-22-50(47)53(44-17-10-16-42(34-44)46-21-11-15-39-14-4-5-18-45(39)46)43-31-28-38(29-32-43)41-30-33-49-48-20-7-9-23-51(48)54-52(49)35-41/h1-35H. The molecule has 10 aromatic rings. The van der Waals surface area contributed by atoms with E-state index in [1.165, 1.54) is 75.5 Å². The van der Waals surface area contributed by atoms with E-state index in [2.05, 4.69) is 217 Å². The van der Waals surface area contributed by atoms with Crippen LogP contribution in [0.25, 0.3) is 75.5 Å². The van der Waals surface area contributed by atoms with Crippen LogP contribution in [-0.4, -0.2) is 0 Å². The molecule has 0 saturated carbocycles. The summed E-state index contributed by atoms with van der Waals surface area (Å²) in [4.78, 5) is 2.41. The molecule has 0 atom stereocenters. The summed E-state index contributed by atoms with van der Waals surface area (Å²) in [6, 6.07) is 77.2. The number of anilines is 3. The molecule has 9 aromatic carbocycles.